The molecule has 0 radical (unpaired) electrons. The lowest BCUT2D eigenvalue weighted by molar-refractivity contribution is -0.131. The van der Waals surface area contributed by atoms with Gasteiger partial charge in [0.15, 0.2) is 0 Å². The number of hydrogen-bond acceptors (Lipinski definition) is 4. The average Bonchev–Trinajstić information content (AvgIpc) is 3.39. The fourth-order valence-corrected chi connectivity index (χ4v) is 4.91. The molecule has 6 heteroatoms. The van der Waals surface area contributed by atoms with Gasteiger partial charge in [0.05, 0.1) is 17.8 Å². The second-order valence-electron chi connectivity index (χ2n) is 7.72. The van der Waals surface area contributed by atoms with Gasteiger partial charge in [-0.25, -0.2) is 0 Å². The topological polar surface area (TPSA) is 61.4 Å². The molecule has 0 bridgehead atoms. The molecule has 1 aromatic carbocycles. The van der Waals surface area contributed by atoms with Crippen molar-refractivity contribution in [1.29, 1.82) is 0 Å². The number of benzene rings is 1. The Hall–Kier alpha value is -1.53. The van der Waals surface area contributed by atoms with Crippen LogP contribution in [0.2, 0.25) is 0 Å². The van der Waals surface area contributed by atoms with Crippen LogP contribution in [0.5, 0.6) is 0 Å². The zero-order valence-corrected chi connectivity index (χ0v) is 17.1. The van der Waals surface area contributed by atoms with Gasteiger partial charge >= 0.3 is 0 Å². The van der Waals surface area contributed by atoms with Crippen molar-refractivity contribution in [1.82, 2.24) is 15.5 Å². The first-order valence-corrected chi connectivity index (χ1v) is 11.2. The molecular weight excluding hydrogens is 358 g/mol. The number of amides is 2. The third-order valence-electron chi connectivity index (χ3n) is 5.80. The quantitative estimate of drug-likeness (QED) is 0.752. The minimum absolute atomic E-state index is 0.0925. The fraction of sp³-hybridized carbons (Fsp3) is 0.619. The SMILES string of the molecule is CC[C@H](C)C(C(=O)NCC1CN[C@H](C(=O)N2CCSC2)C1)c1ccccc1. The molecule has 2 N–H and O–H groups in total. The van der Waals surface area contributed by atoms with Crippen LogP contribution < -0.4 is 10.6 Å². The van der Waals surface area contributed by atoms with Crippen molar-refractivity contribution >= 4 is 23.6 Å². The van der Waals surface area contributed by atoms with Crippen molar-refractivity contribution < 1.29 is 9.59 Å². The predicted molar refractivity (Wildman–Crippen MR) is 111 cm³/mol. The normalized spacial score (nSPS) is 24.6. The van der Waals surface area contributed by atoms with E-state index in [-0.39, 0.29) is 29.7 Å². The first-order valence-electron chi connectivity index (χ1n) is 10.0. The van der Waals surface area contributed by atoms with Crippen LogP contribution >= 0.6 is 11.8 Å². The molecule has 27 heavy (non-hydrogen) atoms. The lowest BCUT2D eigenvalue weighted by Gasteiger charge is -2.23. The molecule has 0 aromatic heterocycles. The molecule has 5 nitrogen and oxygen atoms in total. The van der Waals surface area contributed by atoms with E-state index in [4.69, 9.17) is 0 Å². The van der Waals surface area contributed by atoms with Crippen molar-refractivity contribution in [3.05, 3.63) is 35.9 Å². The summed E-state index contributed by atoms with van der Waals surface area (Å²) in [6.45, 7) is 6.54. The van der Waals surface area contributed by atoms with Gasteiger partial charge in [-0.05, 0) is 23.8 Å². The smallest absolute Gasteiger partial charge is 0.240 e. The highest BCUT2D eigenvalue weighted by Crippen LogP contribution is 2.27. The molecule has 2 fully saturated rings. The molecule has 2 amide bonds. The minimum Gasteiger partial charge on any atom is -0.355 e. The van der Waals surface area contributed by atoms with Crippen molar-refractivity contribution in [3.63, 3.8) is 0 Å². The van der Waals surface area contributed by atoms with Gasteiger partial charge in [0.25, 0.3) is 0 Å². The largest absolute Gasteiger partial charge is 0.355 e. The molecule has 4 atom stereocenters. The van der Waals surface area contributed by atoms with E-state index < -0.39 is 0 Å². The Bertz CT molecular complexity index is 634. The molecule has 2 unspecified atom stereocenters. The molecule has 0 saturated carbocycles. The minimum atomic E-state index is -0.121. The van der Waals surface area contributed by atoms with E-state index in [0.29, 0.717) is 12.5 Å². The molecule has 148 valence electrons. The van der Waals surface area contributed by atoms with Crippen LogP contribution in [0.1, 0.15) is 38.2 Å². The molecule has 2 heterocycles. The third-order valence-corrected chi connectivity index (χ3v) is 6.77. The Kier molecular flexibility index (Phi) is 7.19. The van der Waals surface area contributed by atoms with Crippen LogP contribution in [0.15, 0.2) is 30.3 Å². The number of carbonyl (C=O) groups excluding carboxylic acids is 2. The van der Waals surface area contributed by atoms with Gasteiger partial charge in [-0.2, -0.15) is 0 Å². The zero-order chi connectivity index (χ0) is 19.2. The number of thioether (sulfide) groups is 1. The van der Waals surface area contributed by atoms with E-state index in [0.717, 1.165) is 43.1 Å². The summed E-state index contributed by atoms with van der Waals surface area (Å²) in [5.41, 5.74) is 1.08. The number of rotatable bonds is 7. The maximum atomic E-state index is 12.9. The average molecular weight is 390 g/mol. The molecule has 0 spiro atoms. The van der Waals surface area contributed by atoms with Gasteiger partial charge in [-0.3, -0.25) is 9.59 Å². The standard InChI is InChI=1S/C21H31N3O2S/c1-3-15(2)19(17-7-5-4-6-8-17)20(25)23-13-16-11-18(22-12-16)21(26)24-9-10-27-14-24/h4-8,15-16,18-19,22H,3,9-14H2,1-2H3,(H,23,25)/t15-,16?,18-,19?/m0/s1. The summed E-state index contributed by atoms with van der Waals surface area (Å²) in [5.74, 6) is 2.64. The van der Waals surface area contributed by atoms with E-state index in [1.807, 2.05) is 47.0 Å². The monoisotopic (exact) mass is 389 g/mol. The van der Waals surface area contributed by atoms with E-state index >= 15 is 0 Å². The summed E-state index contributed by atoms with van der Waals surface area (Å²) in [6, 6.07) is 9.95. The highest BCUT2D eigenvalue weighted by molar-refractivity contribution is 7.99. The first kappa shape index (κ1) is 20.2. The molecule has 2 aliphatic rings. The van der Waals surface area contributed by atoms with Crippen LogP contribution in [0.3, 0.4) is 0 Å². The maximum absolute atomic E-state index is 12.9. The Balaban J connectivity index is 1.52. The predicted octanol–water partition coefficient (Wildman–Crippen LogP) is 2.44. The van der Waals surface area contributed by atoms with Crippen molar-refractivity contribution in [2.75, 3.05) is 31.3 Å². The summed E-state index contributed by atoms with van der Waals surface area (Å²) < 4.78 is 0. The van der Waals surface area contributed by atoms with Gasteiger partial charge < -0.3 is 15.5 Å². The number of nitrogens with zero attached hydrogens (tertiary/aromatic N) is 1. The maximum Gasteiger partial charge on any atom is 0.240 e. The molecule has 0 aliphatic carbocycles. The van der Waals surface area contributed by atoms with Crippen LogP contribution in [-0.4, -0.2) is 54.0 Å². The Morgan fingerprint density at radius 1 is 1.33 bits per heavy atom. The summed E-state index contributed by atoms with van der Waals surface area (Å²) in [4.78, 5) is 27.4. The second kappa shape index (κ2) is 9.60. The zero-order valence-electron chi connectivity index (χ0n) is 16.3. The van der Waals surface area contributed by atoms with Crippen molar-refractivity contribution in [2.45, 2.75) is 38.6 Å². The summed E-state index contributed by atoms with van der Waals surface area (Å²) in [5, 5.41) is 6.51. The van der Waals surface area contributed by atoms with E-state index in [2.05, 4.69) is 24.5 Å². The van der Waals surface area contributed by atoms with Gasteiger partial charge in [-0.15, -0.1) is 11.8 Å². The third kappa shape index (κ3) is 5.05. The van der Waals surface area contributed by atoms with Crippen molar-refractivity contribution in [2.24, 2.45) is 11.8 Å². The number of hydrogen-bond donors (Lipinski definition) is 2. The number of nitrogens with one attached hydrogen (secondary N) is 2. The van der Waals surface area contributed by atoms with Crippen LogP contribution in [-0.2, 0) is 9.59 Å². The van der Waals surface area contributed by atoms with Gasteiger partial charge in [-0.1, -0.05) is 50.6 Å². The lowest BCUT2D eigenvalue weighted by Crippen LogP contribution is -2.42. The Morgan fingerprint density at radius 3 is 2.78 bits per heavy atom. The summed E-state index contributed by atoms with van der Waals surface area (Å²) in [6.07, 6.45) is 1.77. The van der Waals surface area contributed by atoms with Crippen molar-refractivity contribution in [3.8, 4) is 0 Å². The van der Waals surface area contributed by atoms with E-state index in [1.165, 1.54) is 0 Å². The Morgan fingerprint density at radius 2 is 2.11 bits per heavy atom. The molecule has 2 saturated heterocycles. The lowest BCUT2D eigenvalue weighted by atomic mass is 9.85. The van der Waals surface area contributed by atoms with E-state index in [1.54, 1.807) is 0 Å². The molecule has 2 aliphatic heterocycles. The fourth-order valence-electron chi connectivity index (χ4n) is 3.95. The molecular formula is C21H31N3O2S. The molecule has 3 rings (SSSR count). The summed E-state index contributed by atoms with van der Waals surface area (Å²) in [7, 11) is 0. The first-order chi connectivity index (χ1) is 13.1. The summed E-state index contributed by atoms with van der Waals surface area (Å²) >= 11 is 1.81. The van der Waals surface area contributed by atoms with Crippen LogP contribution in [0, 0.1) is 11.8 Å². The van der Waals surface area contributed by atoms with E-state index in [9.17, 15) is 9.59 Å². The number of carbonyl (C=O) groups is 2. The molecule has 1 aromatic rings. The van der Waals surface area contributed by atoms with Crippen LogP contribution in [0.25, 0.3) is 0 Å². The van der Waals surface area contributed by atoms with Gasteiger partial charge in [0, 0.05) is 25.4 Å². The van der Waals surface area contributed by atoms with Gasteiger partial charge in [0.1, 0.15) is 0 Å². The second-order valence-corrected chi connectivity index (χ2v) is 8.80. The van der Waals surface area contributed by atoms with Gasteiger partial charge in [0.2, 0.25) is 11.8 Å². The Labute approximate surface area is 166 Å². The van der Waals surface area contributed by atoms with Crippen LogP contribution in [0.4, 0.5) is 0 Å². The highest BCUT2D eigenvalue weighted by atomic mass is 32.2. The highest BCUT2D eigenvalue weighted by Gasteiger charge is 2.34.